The van der Waals surface area contributed by atoms with E-state index >= 15 is 0 Å². The number of nitrogens with one attached hydrogen (secondary N) is 1. The molecule has 0 atom stereocenters. The molecule has 1 heterocycles. The molecule has 0 unspecified atom stereocenters. The van der Waals surface area contributed by atoms with Gasteiger partial charge in [-0.2, -0.15) is 5.10 Å². The van der Waals surface area contributed by atoms with Gasteiger partial charge in [0.2, 0.25) is 5.91 Å². The summed E-state index contributed by atoms with van der Waals surface area (Å²) >= 11 is 0. The Bertz CT molecular complexity index is 343. The van der Waals surface area contributed by atoms with Crippen LogP contribution in [-0.2, 0) is 11.3 Å². The van der Waals surface area contributed by atoms with Gasteiger partial charge in [0.1, 0.15) is 5.82 Å². The van der Waals surface area contributed by atoms with Gasteiger partial charge >= 0.3 is 0 Å². The second-order valence-corrected chi connectivity index (χ2v) is 4.07. The van der Waals surface area contributed by atoms with E-state index < -0.39 is 5.41 Å². The number of carbonyl (C=O) groups is 1. The third kappa shape index (κ3) is 2.56. The van der Waals surface area contributed by atoms with Crippen molar-refractivity contribution in [3.05, 3.63) is 12.3 Å². The largest absolute Gasteiger partial charge is 0.329 e. The number of hydrogen-bond acceptors (Lipinski definition) is 3. The van der Waals surface area contributed by atoms with Gasteiger partial charge in [0.15, 0.2) is 0 Å². The molecule has 1 aromatic heterocycles. The van der Waals surface area contributed by atoms with Crippen LogP contribution in [-0.4, -0.2) is 22.2 Å². The Hall–Kier alpha value is -1.36. The topological polar surface area (TPSA) is 72.9 Å². The first-order valence-electron chi connectivity index (χ1n) is 5.04. The number of nitrogens with two attached hydrogens (primary N) is 1. The number of rotatable bonds is 4. The first kappa shape index (κ1) is 11.7. The van der Waals surface area contributed by atoms with Crippen molar-refractivity contribution >= 4 is 11.7 Å². The molecule has 0 aliphatic rings. The number of anilines is 1. The Balaban J connectivity index is 2.74. The van der Waals surface area contributed by atoms with Crippen LogP contribution in [0.1, 0.15) is 20.8 Å². The van der Waals surface area contributed by atoms with Crippen LogP contribution < -0.4 is 11.1 Å². The summed E-state index contributed by atoms with van der Waals surface area (Å²) in [6, 6.07) is 1.77. The van der Waals surface area contributed by atoms with Crippen molar-refractivity contribution < 1.29 is 4.79 Å². The molecule has 0 radical (unpaired) electrons. The van der Waals surface area contributed by atoms with Crippen LogP contribution in [0.2, 0.25) is 0 Å². The Labute approximate surface area is 89.6 Å². The standard InChI is InChI=1S/C10H18N4O/c1-4-14-8(5-6-12-14)13-9(15)10(2,3)7-11/h5-6H,4,7,11H2,1-3H3,(H,13,15). The van der Waals surface area contributed by atoms with Gasteiger partial charge in [-0.1, -0.05) is 0 Å². The van der Waals surface area contributed by atoms with Crippen LogP contribution in [0.15, 0.2) is 12.3 Å². The molecule has 1 amide bonds. The molecule has 3 N–H and O–H groups in total. The van der Waals surface area contributed by atoms with Crippen LogP contribution in [0.5, 0.6) is 0 Å². The molecule has 0 fully saturated rings. The lowest BCUT2D eigenvalue weighted by atomic mass is 9.93. The quantitative estimate of drug-likeness (QED) is 0.773. The zero-order valence-electron chi connectivity index (χ0n) is 9.45. The van der Waals surface area contributed by atoms with E-state index in [4.69, 9.17) is 5.73 Å². The number of amides is 1. The highest BCUT2D eigenvalue weighted by atomic mass is 16.2. The minimum Gasteiger partial charge on any atom is -0.329 e. The minimum atomic E-state index is -0.553. The fraction of sp³-hybridized carbons (Fsp3) is 0.600. The van der Waals surface area contributed by atoms with Gasteiger partial charge in [-0.05, 0) is 20.8 Å². The maximum absolute atomic E-state index is 11.8. The van der Waals surface area contributed by atoms with Crippen molar-refractivity contribution in [3.63, 3.8) is 0 Å². The Kier molecular flexibility index (Phi) is 3.47. The lowest BCUT2D eigenvalue weighted by Crippen LogP contribution is -2.37. The maximum atomic E-state index is 11.8. The minimum absolute atomic E-state index is 0.0831. The lowest BCUT2D eigenvalue weighted by molar-refractivity contribution is -0.123. The predicted molar refractivity (Wildman–Crippen MR) is 59.4 cm³/mol. The predicted octanol–water partition coefficient (Wildman–Crippen LogP) is 0.826. The van der Waals surface area contributed by atoms with Crippen molar-refractivity contribution in [2.75, 3.05) is 11.9 Å². The van der Waals surface area contributed by atoms with Crippen molar-refractivity contribution in [1.29, 1.82) is 0 Å². The van der Waals surface area contributed by atoms with Crippen molar-refractivity contribution in [2.45, 2.75) is 27.3 Å². The Morgan fingerprint density at radius 3 is 2.87 bits per heavy atom. The number of carbonyl (C=O) groups excluding carboxylic acids is 1. The molecule has 5 nitrogen and oxygen atoms in total. The van der Waals surface area contributed by atoms with Gasteiger partial charge in [0, 0.05) is 19.2 Å². The zero-order valence-corrected chi connectivity index (χ0v) is 9.45. The van der Waals surface area contributed by atoms with E-state index in [2.05, 4.69) is 10.4 Å². The van der Waals surface area contributed by atoms with E-state index in [-0.39, 0.29) is 5.91 Å². The van der Waals surface area contributed by atoms with Crippen molar-refractivity contribution in [3.8, 4) is 0 Å². The summed E-state index contributed by atoms with van der Waals surface area (Å²) in [6.07, 6.45) is 1.66. The molecule has 84 valence electrons. The molecule has 0 aromatic carbocycles. The van der Waals surface area contributed by atoms with E-state index in [1.165, 1.54) is 0 Å². The second kappa shape index (κ2) is 4.44. The third-order valence-electron chi connectivity index (χ3n) is 2.38. The van der Waals surface area contributed by atoms with Gasteiger partial charge < -0.3 is 11.1 Å². The van der Waals surface area contributed by atoms with Crippen molar-refractivity contribution in [2.24, 2.45) is 11.1 Å². The fourth-order valence-corrected chi connectivity index (χ4v) is 1.07. The fourth-order valence-electron chi connectivity index (χ4n) is 1.07. The number of aryl methyl sites for hydroxylation is 1. The average Bonchev–Trinajstić information content (AvgIpc) is 2.65. The van der Waals surface area contributed by atoms with Gasteiger partial charge in [-0.3, -0.25) is 4.79 Å². The Morgan fingerprint density at radius 2 is 2.33 bits per heavy atom. The van der Waals surface area contributed by atoms with Gasteiger partial charge in [0.25, 0.3) is 0 Å². The summed E-state index contributed by atoms with van der Waals surface area (Å²) in [6.45, 7) is 6.64. The number of nitrogens with zero attached hydrogens (tertiary/aromatic N) is 2. The van der Waals surface area contributed by atoms with E-state index in [0.717, 1.165) is 6.54 Å². The molecule has 15 heavy (non-hydrogen) atoms. The van der Waals surface area contributed by atoms with Gasteiger partial charge in [-0.15, -0.1) is 0 Å². The maximum Gasteiger partial charge on any atom is 0.232 e. The smallest absolute Gasteiger partial charge is 0.232 e. The molecule has 1 aromatic rings. The molecule has 0 aliphatic heterocycles. The molecule has 0 aliphatic carbocycles. The van der Waals surface area contributed by atoms with E-state index in [0.29, 0.717) is 12.4 Å². The highest BCUT2D eigenvalue weighted by molar-refractivity contribution is 5.94. The molecule has 0 spiro atoms. The Morgan fingerprint density at radius 1 is 1.67 bits per heavy atom. The SMILES string of the molecule is CCn1nccc1NC(=O)C(C)(C)CN. The molecule has 1 rings (SSSR count). The first-order valence-corrected chi connectivity index (χ1v) is 5.04. The number of hydrogen-bond donors (Lipinski definition) is 2. The summed E-state index contributed by atoms with van der Waals surface area (Å²) < 4.78 is 1.73. The molecule has 0 saturated carbocycles. The van der Waals surface area contributed by atoms with E-state index in [1.54, 1.807) is 16.9 Å². The third-order valence-corrected chi connectivity index (χ3v) is 2.38. The molecular weight excluding hydrogens is 192 g/mol. The van der Waals surface area contributed by atoms with E-state index in [9.17, 15) is 4.79 Å². The summed E-state index contributed by atoms with van der Waals surface area (Å²) in [5, 5.41) is 6.88. The highest BCUT2D eigenvalue weighted by Crippen LogP contribution is 2.16. The molecule has 0 saturated heterocycles. The summed E-state index contributed by atoms with van der Waals surface area (Å²) in [7, 11) is 0. The van der Waals surface area contributed by atoms with Gasteiger partial charge in [0.05, 0.1) is 11.6 Å². The summed E-state index contributed by atoms with van der Waals surface area (Å²) in [5.41, 5.74) is 4.97. The van der Waals surface area contributed by atoms with Crippen LogP contribution in [0.25, 0.3) is 0 Å². The van der Waals surface area contributed by atoms with Gasteiger partial charge in [-0.25, -0.2) is 4.68 Å². The van der Waals surface area contributed by atoms with Crippen LogP contribution in [0, 0.1) is 5.41 Å². The lowest BCUT2D eigenvalue weighted by Gasteiger charge is -2.21. The highest BCUT2D eigenvalue weighted by Gasteiger charge is 2.26. The first-order chi connectivity index (χ1) is 7.01. The summed E-state index contributed by atoms with van der Waals surface area (Å²) in [5.74, 6) is 0.629. The molecular formula is C10H18N4O. The van der Waals surface area contributed by atoms with Crippen LogP contribution >= 0.6 is 0 Å². The normalized spacial score (nSPS) is 11.5. The van der Waals surface area contributed by atoms with Crippen LogP contribution in [0.3, 0.4) is 0 Å². The monoisotopic (exact) mass is 210 g/mol. The molecule has 5 heteroatoms. The molecule has 0 bridgehead atoms. The van der Waals surface area contributed by atoms with Crippen molar-refractivity contribution in [1.82, 2.24) is 9.78 Å². The summed E-state index contributed by atoms with van der Waals surface area (Å²) in [4.78, 5) is 11.8. The average molecular weight is 210 g/mol. The second-order valence-electron chi connectivity index (χ2n) is 4.07. The zero-order chi connectivity index (χ0) is 11.5. The number of aromatic nitrogens is 2. The van der Waals surface area contributed by atoms with E-state index in [1.807, 2.05) is 20.8 Å². The van der Waals surface area contributed by atoms with Crippen LogP contribution in [0.4, 0.5) is 5.82 Å².